The van der Waals surface area contributed by atoms with E-state index >= 15 is 0 Å². The van der Waals surface area contributed by atoms with Crippen molar-refractivity contribution in [3.05, 3.63) is 42.5 Å². The van der Waals surface area contributed by atoms with E-state index in [0.717, 1.165) is 24.1 Å². The van der Waals surface area contributed by atoms with Gasteiger partial charge in [0, 0.05) is 18.2 Å². The van der Waals surface area contributed by atoms with Crippen molar-refractivity contribution in [2.45, 2.75) is 44.7 Å². The summed E-state index contributed by atoms with van der Waals surface area (Å²) >= 11 is 0. The summed E-state index contributed by atoms with van der Waals surface area (Å²) in [4.78, 5) is 16.2. The minimum absolute atomic E-state index is 0. The zero-order valence-corrected chi connectivity index (χ0v) is 15.6. The number of halogens is 2. The van der Waals surface area contributed by atoms with E-state index < -0.39 is 0 Å². The van der Waals surface area contributed by atoms with Gasteiger partial charge in [0.05, 0.1) is 6.54 Å². The Morgan fingerprint density at radius 2 is 2.08 bits per heavy atom. The first kappa shape index (κ1) is 21.4. The quantitative estimate of drug-likeness (QED) is 0.827. The highest BCUT2D eigenvalue weighted by Crippen LogP contribution is 2.26. The van der Waals surface area contributed by atoms with E-state index in [1.54, 1.807) is 11.0 Å². The molecular weight excluding hydrogens is 361 g/mol. The molecule has 8 heteroatoms. The first-order valence-electron chi connectivity index (χ1n) is 8.17. The second-order valence-corrected chi connectivity index (χ2v) is 6.25. The molecule has 3 N–H and O–H groups in total. The van der Waals surface area contributed by atoms with Crippen LogP contribution in [0.1, 0.15) is 37.7 Å². The average molecular weight is 386 g/mol. The lowest BCUT2D eigenvalue weighted by molar-refractivity contribution is -0.117. The van der Waals surface area contributed by atoms with Gasteiger partial charge in [-0.05, 0) is 36.5 Å². The molecule has 1 aromatic carbocycles. The Hall–Kier alpha value is -1.63. The lowest BCUT2D eigenvalue weighted by atomic mass is 9.83. The molecule has 2 aromatic rings. The molecule has 1 aliphatic rings. The van der Waals surface area contributed by atoms with Crippen LogP contribution in [0.5, 0.6) is 0 Å². The summed E-state index contributed by atoms with van der Waals surface area (Å²) in [6.07, 6.45) is 8.15. The van der Waals surface area contributed by atoms with Gasteiger partial charge < -0.3 is 11.1 Å². The van der Waals surface area contributed by atoms with Crippen LogP contribution < -0.4 is 11.1 Å². The van der Waals surface area contributed by atoms with Crippen molar-refractivity contribution in [1.29, 1.82) is 0 Å². The first-order valence-corrected chi connectivity index (χ1v) is 8.17. The third-order valence-corrected chi connectivity index (χ3v) is 4.44. The second-order valence-electron chi connectivity index (χ2n) is 6.25. The third-order valence-electron chi connectivity index (χ3n) is 4.44. The maximum Gasteiger partial charge on any atom is 0.224 e. The first-order chi connectivity index (χ1) is 11.2. The van der Waals surface area contributed by atoms with Crippen LogP contribution >= 0.6 is 24.8 Å². The summed E-state index contributed by atoms with van der Waals surface area (Å²) in [6, 6.07) is 7.99. The molecule has 0 saturated heterocycles. The number of nitrogens with one attached hydrogen (secondary N) is 1. The van der Waals surface area contributed by atoms with Gasteiger partial charge in [-0.1, -0.05) is 25.0 Å². The highest BCUT2D eigenvalue weighted by Gasteiger charge is 2.24. The largest absolute Gasteiger partial charge is 0.327 e. The van der Waals surface area contributed by atoms with Crippen molar-refractivity contribution in [3.8, 4) is 0 Å². The Morgan fingerprint density at radius 3 is 2.80 bits per heavy atom. The number of carbonyl (C=O) groups is 1. The van der Waals surface area contributed by atoms with Crippen molar-refractivity contribution in [1.82, 2.24) is 14.8 Å². The van der Waals surface area contributed by atoms with Gasteiger partial charge in [-0.3, -0.25) is 4.79 Å². The SMILES string of the molecule is Cl.Cl.NC1CCCCC1CC(=O)Nc1cccc(Cn2cncn2)c1. The molecule has 1 fully saturated rings. The number of aromatic nitrogens is 3. The number of carbonyl (C=O) groups excluding carboxylic acids is 1. The van der Waals surface area contributed by atoms with Gasteiger partial charge >= 0.3 is 0 Å². The fourth-order valence-corrected chi connectivity index (χ4v) is 3.19. The Bertz CT molecular complexity index is 650. The van der Waals surface area contributed by atoms with Gasteiger partial charge in [-0.2, -0.15) is 5.10 Å². The van der Waals surface area contributed by atoms with E-state index in [-0.39, 0.29) is 36.8 Å². The molecule has 2 unspecified atom stereocenters. The number of rotatable bonds is 5. The van der Waals surface area contributed by atoms with Gasteiger partial charge in [-0.25, -0.2) is 9.67 Å². The minimum atomic E-state index is 0. The molecule has 0 spiro atoms. The van der Waals surface area contributed by atoms with Crippen molar-refractivity contribution in [2.24, 2.45) is 11.7 Å². The highest BCUT2D eigenvalue weighted by atomic mass is 35.5. The number of hydrogen-bond acceptors (Lipinski definition) is 4. The molecule has 0 aliphatic heterocycles. The predicted molar refractivity (Wildman–Crippen MR) is 103 cm³/mol. The highest BCUT2D eigenvalue weighted by molar-refractivity contribution is 5.91. The Balaban J connectivity index is 0.00000156. The van der Waals surface area contributed by atoms with E-state index in [4.69, 9.17) is 5.73 Å². The molecule has 1 saturated carbocycles. The van der Waals surface area contributed by atoms with E-state index in [9.17, 15) is 4.79 Å². The minimum Gasteiger partial charge on any atom is -0.327 e. The zero-order valence-electron chi connectivity index (χ0n) is 14.0. The lowest BCUT2D eigenvalue weighted by Gasteiger charge is -2.27. The summed E-state index contributed by atoms with van der Waals surface area (Å²) in [5, 5.41) is 7.08. The maximum atomic E-state index is 12.3. The number of amides is 1. The van der Waals surface area contributed by atoms with Gasteiger partial charge in [0.25, 0.3) is 0 Å². The second kappa shape index (κ2) is 10.4. The van der Waals surface area contributed by atoms with E-state index in [0.29, 0.717) is 18.9 Å². The molecule has 2 atom stereocenters. The third kappa shape index (κ3) is 6.30. The molecule has 1 amide bonds. The van der Waals surface area contributed by atoms with Gasteiger partial charge in [0.1, 0.15) is 12.7 Å². The van der Waals surface area contributed by atoms with Crippen LogP contribution in [0.3, 0.4) is 0 Å². The summed E-state index contributed by atoms with van der Waals surface area (Å²) in [5.74, 6) is 0.354. The van der Waals surface area contributed by atoms with Crippen LogP contribution in [0.25, 0.3) is 0 Å². The van der Waals surface area contributed by atoms with Crippen molar-refractivity contribution < 1.29 is 4.79 Å². The molecule has 1 heterocycles. The molecule has 1 aromatic heterocycles. The predicted octanol–water partition coefficient (Wildman–Crippen LogP) is 3.02. The van der Waals surface area contributed by atoms with E-state index in [2.05, 4.69) is 15.4 Å². The van der Waals surface area contributed by atoms with Crippen LogP contribution in [0, 0.1) is 5.92 Å². The van der Waals surface area contributed by atoms with Gasteiger partial charge in [-0.15, -0.1) is 24.8 Å². The number of nitrogens with two attached hydrogens (primary N) is 1. The van der Waals surface area contributed by atoms with Crippen LogP contribution in [-0.2, 0) is 11.3 Å². The number of benzene rings is 1. The van der Waals surface area contributed by atoms with Gasteiger partial charge in [0.15, 0.2) is 0 Å². The molecule has 3 rings (SSSR count). The normalized spacial score (nSPS) is 19.4. The Morgan fingerprint density at radius 1 is 1.28 bits per heavy atom. The van der Waals surface area contributed by atoms with Crippen LogP contribution in [0.4, 0.5) is 5.69 Å². The Kier molecular flexibility index (Phi) is 8.89. The van der Waals surface area contributed by atoms with Gasteiger partial charge in [0.2, 0.25) is 5.91 Å². The van der Waals surface area contributed by atoms with E-state index in [1.165, 1.54) is 19.2 Å². The van der Waals surface area contributed by atoms with Crippen molar-refractivity contribution >= 4 is 36.4 Å². The molecule has 1 aliphatic carbocycles. The average Bonchev–Trinajstić information content (AvgIpc) is 3.03. The van der Waals surface area contributed by atoms with Crippen LogP contribution in [0.15, 0.2) is 36.9 Å². The fraction of sp³-hybridized carbons (Fsp3) is 0.471. The smallest absolute Gasteiger partial charge is 0.224 e. The standard InChI is InChI=1S/C17H23N5O.2ClH/c18-16-7-2-1-5-14(16)9-17(23)21-15-6-3-4-13(8-15)10-22-12-19-11-20-22;;/h3-4,6,8,11-12,14,16H,1-2,5,7,9-10,18H2,(H,21,23);2*1H. The summed E-state index contributed by atoms with van der Waals surface area (Å²) < 4.78 is 1.75. The monoisotopic (exact) mass is 385 g/mol. The van der Waals surface area contributed by atoms with E-state index in [1.807, 2.05) is 24.3 Å². The summed E-state index contributed by atoms with van der Waals surface area (Å²) in [7, 11) is 0. The topological polar surface area (TPSA) is 85.8 Å². The molecule has 138 valence electrons. The number of nitrogens with zero attached hydrogens (tertiary/aromatic N) is 3. The van der Waals surface area contributed by atoms with Crippen molar-refractivity contribution in [2.75, 3.05) is 5.32 Å². The lowest BCUT2D eigenvalue weighted by Crippen LogP contribution is -2.35. The van der Waals surface area contributed by atoms with Crippen LogP contribution in [0.2, 0.25) is 0 Å². The van der Waals surface area contributed by atoms with Crippen LogP contribution in [-0.4, -0.2) is 26.7 Å². The molecule has 6 nitrogen and oxygen atoms in total. The molecule has 25 heavy (non-hydrogen) atoms. The van der Waals surface area contributed by atoms with Crippen molar-refractivity contribution in [3.63, 3.8) is 0 Å². The molecule has 0 bridgehead atoms. The molecular formula is C17H25Cl2N5O. The number of hydrogen-bond donors (Lipinski definition) is 2. The maximum absolute atomic E-state index is 12.3. The summed E-state index contributed by atoms with van der Waals surface area (Å²) in [5.41, 5.74) is 8.01. The fourth-order valence-electron chi connectivity index (χ4n) is 3.19. The Labute approximate surface area is 160 Å². The number of anilines is 1. The zero-order chi connectivity index (χ0) is 16.1. The summed E-state index contributed by atoms with van der Waals surface area (Å²) in [6.45, 7) is 0.636. The molecule has 0 radical (unpaired) electrons.